The first-order valence-electron chi connectivity index (χ1n) is 9.80. The van der Waals surface area contributed by atoms with Crippen molar-refractivity contribution < 1.29 is 4.79 Å². The average molecular weight is 326 g/mol. The second kappa shape index (κ2) is 6.51. The smallest absolute Gasteiger partial charge is 0.233 e. The van der Waals surface area contributed by atoms with E-state index in [0.29, 0.717) is 18.0 Å². The Morgan fingerprint density at radius 1 is 1.08 bits per heavy atom. The number of nitrogens with one attached hydrogen (secondary N) is 1. The highest BCUT2D eigenvalue weighted by atomic mass is 16.2. The number of hydrogen-bond acceptors (Lipinski definition) is 2. The molecule has 1 N–H and O–H groups in total. The summed E-state index contributed by atoms with van der Waals surface area (Å²) < 4.78 is 0. The maximum atomic E-state index is 13.8. The van der Waals surface area contributed by atoms with E-state index in [1.807, 2.05) is 0 Å². The second-order valence-corrected chi connectivity index (χ2v) is 8.14. The summed E-state index contributed by atoms with van der Waals surface area (Å²) in [5.41, 5.74) is 2.30. The van der Waals surface area contributed by atoms with Gasteiger partial charge in [0.15, 0.2) is 0 Å². The zero-order valence-electron chi connectivity index (χ0n) is 14.9. The summed E-state index contributed by atoms with van der Waals surface area (Å²) in [7, 11) is 0. The quantitative estimate of drug-likeness (QED) is 0.901. The van der Waals surface area contributed by atoms with Gasteiger partial charge in [0.2, 0.25) is 5.91 Å². The van der Waals surface area contributed by atoms with Crippen LogP contribution in [0.15, 0.2) is 24.3 Å². The van der Waals surface area contributed by atoms with E-state index >= 15 is 0 Å². The van der Waals surface area contributed by atoms with Crippen LogP contribution in [0.2, 0.25) is 0 Å². The predicted molar refractivity (Wildman–Crippen MR) is 97.1 cm³/mol. The van der Waals surface area contributed by atoms with E-state index in [1.165, 1.54) is 43.2 Å². The van der Waals surface area contributed by atoms with E-state index in [0.717, 1.165) is 32.4 Å². The lowest BCUT2D eigenvalue weighted by Crippen LogP contribution is -2.50. The van der Waals surface area contributed by atoms with Crippen LogP contribution in [-0.4, -0.2) is 36.0 Å². The lowest BCUT2D eigenvalue weighted by molar-refractivity contribution is -0.139. The molecule has 130 valence electrons. The molecule has 0 aromatic heterocycles. The summed E-state index contributed by atoms with van der Waals surface area (Å²) in [5.74, 6) is 0.408. The maximum Gasteiger partial charge on any atom is 0.233 e. The third-order valence-electron chi connectivity index (χ3n) is 6.59. The number of aryl methyl sites for hydroxylation is 1. The monoisotopic (exact) mass is 326 g/mol. The Hall–Kier alpha value is -1.35. The van der Waals surface area contributed by atoms with Crippen molar-refractivity contribution >= 4 is 5.91 Å². The number of carbonyl (C=O) groups is 1. The number of nitrogens with zero attached hydrogens (tertiary/aromatic N) is 1. The van der Waals surface area contributed by atoms with Crippen LogP contribution in [0.1, 0.15) is 62.5 Å². The highest BCUT2D eigenvalue weighted by molar-refractivity contribution is 5.89. The molecular weight excluding hydrogens is 296 g/mol. The highest BCUT2D eigenvalue weighted by Crippen LogP contribution is 2.42. The standard InChI is InChI=1S/C21H30N2O/c1-16-7-3-4-8-19(16)21(12-5-2-6-13-21)20(24)23-14-11-17-9-10-18(15-23)22-17/h3-4,7-8,17-18,22H,2,5-6,9-15H2,1H3. The summed E-state index contributed by atoms with van der Waals surface area (Å²) in [6.45, 7) is 4.01. The predicted octanol–water partition coefficient (Wildman–Crippen LogP) is 3.55. The van der Waals surface area contributed by atoms with E-state index < -0.39 is 0 Å². The average Bonchev–Trinajstić information content (AvgIpc) is 2.94. The third-order valence-corrected chi connectivity index (χ3v) is 6.59. The van der Waals surface area contributed by atoms with E-state index in [4.69, 9.17) is 0 Å². The first-order chi connectivity index (χ1) is 11.7. The topological polar surface area (TPSA) is 32.3 Å². The van der Waals surface area contributed by atoms with Crippen molar-refractivity contribution in [3.05, 3.63) is 35.4 Å². The van der Waals surface area contributed by atoms with E-state index in [-0.39, 0.29) is 5.41 Å². The molecule has 1 aromatic carbocycles. The molecule has 2 heterocycles. The van der Waals surface area contributed by atoms with Crippen molar-refractivity contribution in [3.8, 4) is 0 Å². The lowest BCUT2D eigenvalue weighted by atomic mass is 9.67. The Morgan fingerprint density at radius 3 is 2.62 bits per heavy atom. The van der Waals surface area contributed by atoms with Crippen LogP contribution in [0.3, 0.4) is 0 Å². The highest BCUT2D eigenvalue weighted by Gasteiger charge is 2.45. The van der Waals surface area contributed by atoms with Crippen LogP contribution in [-0.2, 0) is 10.2 Å². The van der Waals surface area contributed by atoms with Gasteiger partial charge in [0.25, 0.3) is 0 Å². The van der Waals surface area contributed by atoms with Crippen molar-refractivity contribution in [2.24, 2.45) is 0 Å². The van der Waals surface area contributed by atoms with Crippen LogP contribution in [0.25, 0.3) is 0 Å². The van der Waals surface area contributed by atoms with Gasteiger partial charge in [0.05, 0.1) is 5.41 Å². The van der Waals surface area contributed by atoms with Gasteiger partial charge in [-0.05, 0) is 50.2 Å². The molecule has 2 aliphatic heterocycles. The van der Waals surface area contributed by atoms with Crippen molar-refractivity contribution in [3.63, 3.8) is 0 Å². The minimum absolute atomic E-state index is 0.271. The summed E-state index contributed by atoms with van der Waals surface area (Å²) in [5, 5.41) is 3.71. The van der Waals surface area contributed by atoms with Crippen LogP contribution >= 0.6 is 0 Å². The Bertz CT molecular complexity index is 606. The van der Waals surface area contributed by atoms with E-state index in [1.54, 1.807) is 0 Å². The lowest BCUT2D eigenvalue weighted by Gasteiger charge is -2.41. The van der Waals surface area contributed by atoms with Gasteiger partial charge in [-0.1, -0.05) is 43.5 Å². The fourth-order valence-corrected chi connectivity index (χ4v) is 5.29. The van der Waals surface area contributed by atoms with Gasteiger partial charge in [0, 0.05) is 25.2 Å². The minimum atomic E-state index is -0.271. The third kappa shape index (κ3) is 2.77. The number of carbonyl (C=O) groups excluding carboxylic acids is 1. The molecule has 2 unspecified atom stereocenters. The number of hydrogen-bond donors (Lipinski definition) is 1. The molecule has 3 nitrogen and oxygen atoms in total. The Morgan fingerprint density at radius 2 is 1.83 bits per heavy atom. The van der Waals surface area contributed by atoms with Crippen LogP contribution < -0.4 is 5.32 Å². The molecule has 3 heteroatoms. The SMILES string of the molecule is Cc1ccccc1C1(C(=O)N2CCC3CCC(C2)N3)CCCCC1. The van der Waals surface area contributed by atoms with Crippen LogP contribution in [0.4, 0.5) is 0 Å². The summed E-state index contributed by atoms with van der Waals surface area (Å²) in [4.78, 5) is 16.0. The molecule has 0 radical (unpaired) electrons. The number of rotatable bonds is 2. The number of benzene rings is 1. The van der Waals surface area contributed by atoms with Gasteiger partial charge in [-0.25, -0.2) is 0 Å². The summed E-state index contributed by atoms with van der Waals surface area (Å²) in [6.07, 6.45) is 9.31. The molecule has 0 spiro atoms. The summed E-state index contributed by atoms with van der Waals surface area (Å²) in [6, 6.07) is 9.73. The molecule has 1 saturated carbocycles. The number of likely N-dealkylation sites (tertiary alicyclic amines) is 1. The van der Waals surface area contributed by atoms with Gasteiger partial charge in [-0.2, -0.15) is 0 Å². The van der Waals surface area contributed by atoms with Gasteiger partial charge in [-0.15, -0.1) is 0 Å². The van der Waals surface area contributed by atoms with E-state index in [9.17, 15) is 4.79 Å². The van der Waals surface area contributed by atoms with Crippen molar-refractivity contribution in [2.45, 2.75) is 75.8 Å². The molecule has 4 rings (SSSR count). The fraction of sp³-hybridized carbons (Fsp3) is 0.667. The van der Waals surface area contributed by atoms with Crippen LogP contribution in [0.5, 0.6) is 0 Å². The van der Waals surface area contributed by atoms with Crippen molar-refractivity contribution in [1.82, 2.24) is 10.2 Å². The Labute approximate surface area is 145 Å². The van der Waals surface area contributed by atoms with Crippen LogP contribution in [0, 0.1) is 6.92 Å². The van der Waals surface area contributed by atoms with Gasteiger partial charge < -0.3 is 10.2 Å². The Kier molecular flexibility index (Phi) is 4.38. The maximum absolute atomic E-state index is 13.8. The molecular formula is C21H30N2O. The first-order valence-corrected chi connectivity index (χ1v) is 9.80. The first kappa shape index (κ1) is 16.1. The van der Waals surface area contributed by atoms with E-state index in [2.05, 4.69) is 41.4 Å². The zero-order valence-corrected chi connectivity index (χ0v) is 14.9. The van der Waals surface area contributed by atoms with Crippen molar-refractivity contribution in [2.75, 3.05) is 13.1 Å². The van der Waals surface area contributed by atoms with Gasteiger partial charge in [0.1, 0.15) is 0 Å². The molecule has 1 aliphatic carbocycles. The number of amides is 1. The molecule has 2 bridgehead atoms. The fourth-order valence-electron chi connectivity index (χ4n) is 5.29. The normalized spacial score (nSPS) is 29.3. The molecule has 3 aliphatic rings. The summed E-state index contributed by atoms with van der Waals surface area (Å²) >= 11 is 0. The molecule has 1 amide bonds. The second-order valence-electron chi connectivity index (χ2n) is 8.14. The molecule has 3 fully saturated rings. The number of fused-ring (bicyclic) bond motifs is 2. The Balaban J connectivity index is 1.66. The molecule has 2 saturated heterocycles. The molecule has 2 atom stereocenters. The largest absolute Gasteiger partial charge is 0.340 e. The molecule has 24 heavy (non-hydrogen) atoms. The van der Waals surface area contributed by atoms with Crippen molar-refractivity contribution in [1.29, 1.82) is 0 Å². The molecule has 1 aromatic rings. The zero-order chi connectivity index (χ0) is 16.6. The minimum Gasteiger partial charge on any atom is -0.340 e. The van der Waals surface area contributed by atoms with Gasteiger partial charge >= 0.3 is 0 Å². The van der Waals surface area contributed by atoms with Gasteiger partial charge in [-0.3, -0.25) is 4.79 Å².